The molecule has 1 atom stereocenters. The zero-order valence-electron chi connectivity index (χ0n) is 12.6. The second kappa shape index (κ2) is 9.65. The summed E-state index contributed by atoms with van der Waals surface area (Å²) in [5.41, 5.74) is -1.98. The first-order chi connectivity index (χ1) is 9.87. The fourth-order valence-corrected chi connectivity index (χ4v) is 3.28. The second-order valence-corrected chi connectivity index (χ2v) is 5.73. The fourth-order valence-electron chi connectivity index (χ4n) is 1.46. The predicted molar refractivity (Wildman–Crippen MR) is 72.9 cm³/mol. The number of carbonyl (C=O) groups is 3. The SMILES string of the molecule is CCOC(=O)C(=O)C(C(=O)OCC)P(=O)(OCC)OCC. The van der Waals surface area contributed by atoms with Crippen molar-refractivity contribution >= 4 is 25.3 Å². The number of rotatable bonds is 10. The number of ketones is 1. The molecule has 0 amide bonds. The summed E-state index contributed by atoms with van der Waals surface area (Å²) in [5.74, 6) is -3.73. The molecule has 0 radical (unpaired) electrons. The molecule has 0 spiro atoms. The van der Waals surface area contributed by atoms with Gasteiger partial charge in [0.25, 0.3) is 5.78 Å². The monoisotopic (exact) mass is 324 g/mol. The number of esters is 2. The van der Waals surface area contributed by atoms with Crippen LogP contribution in [-0.2, 0) is 37.5 Å². The Bertz CT molecular complexity index is 409. The van der Waals surface area contributed by atoms with Crippen molar-refractivity contribution in [2.24, 2.45) is 0 Å². The van der Waals surface area contributed by atoms with Crippen LogP contribution in [-0.4, -0.2) is 49.8 Å². The lowest BCUT2D eigenvalue weighted by Gasteiger charge is -2.23. The van der Waals surface area contributed by atoms with Crippen molar-refractivity contribution < 1.29 is 37.5 Å². The molecule has 0 aromatic rings. The highest BCUT2D eigenvalue weighted by Crippen LogP contribution is 2.53. The van der Waals surface area contributed by atoms with Crippen molar-refractivity contribution in [1.82, 2.24) is 0 Å². The van der Waals surface area contributed by atoms with Crippen molar-refractivity contribution in [3.8, 4) is 0 Å². The molecule has 0 fully saturated rings. The van der Waals surface area contributed by atoms with Gasteiger partial charge in [-0.1, -0.05) is 0 Å². The standard InChI is InChI=1S/C12H21O8P/c1-5-17-11(14)9(13)10(12(15)18-6-2)21(16,19-7-3)20-8-4/h10H,5-8H2,1-4H3. The average molecular weight is 324 g/mol. The molecule has 0 saturated carbocycles. The van der Waals surface area contributed by atoms with Gasteiger partial charge in [-0.05, 0) is 27.7 Å². The van der Waals surface area contributed by atoms with Gasteiger partial charge in [-0.2, -0.15) is 0 Å². The van der Waals surface area contributed by atoms with Gasteiger partial charge in [0, 0.05) is 0 Å². The zero-order chi connectivity index (χ0) is 16.5. The Morgan fingerprint density at radius 3 is 1.71 bits per heavy atom. The molecule has 0 aliphatic carbocycles. The van der Waals surface area contributed by atoms with E-state index in [0.29, 0.717) is 0 Å². The molecule has 0 aliphatic rings. The van der Waals surface area contributed by atoms with Crippen LogP contribution in [0.25, 0.3) is 0 Å². The van der Waals surface area contributed by atoms with Gasteiger partial charge in [-0.3, -0.25) is 14.2 Å². The van der Waals surface area contributed by atoms with E-state index in [1.54, 1.807) is 0 Å². The lowest BCUT2D eigenvalue weighted by molar-refractivity contribution is -0.157. The molecule has 0 N–H and O–H groups in total. The normalized spacial score (nSPS) is 12.6. The predicted octanol–water partition coefficient (Wildman–Crippen LogP) is 1.32. The minimum Gasteiger partial charge on any atom is -0.465 e. The third-order valence-corrected chi connectivity index (χ3v) is 4.48. The summed E-state index contributed by atoms with van der Waals surface area (Å²) in [5, 5.41) is 0. The maximum absolute atomic E-state index is 12.6. The lowest BCUT2D eigenvalue weighted by Crippen LogP contribution is -2.38. The molecule has 0 rings (SSSR count). The van der Waals surface area contributed by atoms with E-state index in [4.69, 9.17) is 13.8 Å². The Morgan fingerprint density at radius 2 is 1.33 bits per heavy atom. The van der Waals surface area contributed by atoms with E-state index in [2.05, 4.69) is 4.74 Å². The van der Waals surface area contributed by atoms with Crippen LogP contribution in [0.4, 0.5) is 0 Å². The summed E-state index contributed by atoms with van der Waals surface area (Å²) in [6, 6.07) is 0. The molecule has 1 unspecified atom stereocenters. The van der Waals surface area contributed by atoms with Crippen LogP contribution in [0.3, 0.4) is 0 Å². The van der Waals surface area contributed by atoms with Crippen molar-refractivity contribution in [3.05, 3.63) is 0 Å². The van der Waals surface area contributed by atoms with Gasteiger partial charge in [0.2, 0.25) is 5.66 Å². The molecule has 122 valence electrons. The van der Waals surface area contributed by atoms with E-state index in [-0.39, 0.29) is 26.4 Å². The first-order valence-corrected chi connectivity index (χ1v) is 8.25. The molecule has 0 aromatic carbocycles. The number of hydrogen-bond acceptors (Lipinski definition) is 8. The molecule has 0 saturated heterocycles. The summed E-state index contributed by atoms with van der Waals surface area (Å²) in [4.78, 5) is 35.5. The molecule has 0 aliphatic heterocycles. The average Bonchev–Trinajstić information content (AvgIpc) is 2.39. The fraction of sp³-hybridized carbons (Fsp3) is 0.750. The Hall–Kier alpha value is -1.24. The van der Waals surface area contributed by atoms with Gasteiger partial charge in [0.15, 0.2) is 0 Å². The van der Waals surface area contributed by atoms with Crippen LogP contribution >= 0.6 is 7.60 Å². The third-order valence-electron chi connectivity index (χ3n) is 2.17. The van der Waals surface area contributed by atoms with Gasteiger partial charge < -0.3 is 18.5 Å². The molecule has 0 aromatic heterocycles. The van der Waals surface area contributed by atoms with E-state index in [0.717, 1.165) is 0 Å². The van der Waals surface area contributed by atoms with Crippen molar-refractivity contribution in [2.75, 3.05) is 26.4 Å². The van der Waals surface area contributed by atoms with Crippen molar-refractivity contribution in [1.29, 1.82) is 0 Å². The molecule has 9 heteroatoms. The summed E-state index contributed by atoms with van der Waals surface area (Å²) in [7, 11) is -4.17. The van der Waals surface area contributed by atoms with Crippen LogP contribution < -0.4 is 0 Å². The first-order valence-electron chi connectivity index (χ1n) is 6.64. The second-order valence-electron chi connectivity index (χ2n) is 3.61. The van der Waals surface area contributed by atoms with Gasteiger partial charge in [-0.15, -0.1) is 0 Å². The maximum atomic E-state index is 12.6. The van der Waals surface area contributed by atoms with Crippen LogP contribution in [0.15, 0.2) is 0 Å². The van der Waals surface area contributed by atoms with Crippen LogP contribution in [0, 0.1) is 0 Å². The molecular weight excluding hydrogens is 303 g/mol. The van der Waals surface area contributed by atoms with E-state index in [1.165, 1.54) is 27.7 Å². The van der Waals surface area contributed by atoms with Gasteiger partial charge in [-0.25, -0.2) is 4.79 Å². The molecule has 21 heavy (non-hydrogen) atoms. The highest BCUT2D eigenvalue weighted by Gasteiger charge is 2.50. The van der Waals surface area contributed by atoms with Crippen molar-refractivity contribution in [3.63, 3.8) is 0 Å². The van der Waals surface area contributed by atoms with Gasteiger partial charge >= 0.3 is 19.5 Å². The van der Waals surface area contributed by atoms with E-state index in [9.17, 15) is 18.9 Å². The van der Waals surface area contributed by atoms with Gasteiger partial charge in [0.1, 0.15) is 0 Å². The summed E-state index contributed by atoms with van der Waals surface area (Å²) in [6.45, 7) is 5.79. The summed E-state index contributed by atoms with van der Waals surface area (Å²) >= 11 is 0. The molecular formula is C12H21O8P. The largest absolute Gasteiger partial charge is 0.465 e. The Labute approximate surface area is 123 Å². The van der Waals surface area contributed by atoms with Crippen LogP contribution in [0.2, 0.25) is 0 Å². The first kappa shape index (κ1) is 19.8. The highest BCUT2D eigenvalue weighted by atomic mass is 31.2. The molecule has 0 bridgehead atoms. The maximum Gasteiger partial charge on any atom is 0.376 e. The Kier molecular flexibility index (Phi) is 9.08. The minimum absolute atomic E-state index is 0.0519. The van der Waals surface area contributed by atoms with Crippen LogP contribution in [0.5, 0.6) is 0 Å². The Morgan fingerprint density at radius 1 is 0.857 bits per heavy atom. The van der Waals surface area contributed by atoms with Crippen LogP contribution in [0.1, 0.15) is 27.7 Å². The van der Waals surface area contributed by atoms with Gasteiger partial charge in [0.05, 0.1) is 26.4 Å². The Balaban J connectivity index is 5.57. The number of hydrogen-bond donors (Lipinski definition) is 0. The van der Waals surface area contributed by atoms with E-state index >= 15 is 0 Å². The smallest absolute Gasteiger partial charge is 0.376 e. The zero-order valence-corrected chi connectivity index (χ0v) is 13.5. The number of ether oxygens (including phenoxy) is 2. The number of carbonyl (C=O) groups excluding carboxylic acids is 3. The van der Waals surface area contributed by atoms with Crippen molar-refractivity contribution in [2.45, 2.75) is 33.4 Å². The molecule has 8 nitrogen and oxygen atoms in total. The highest BCUT2D eigenvalue weighted by molar-refractivity contribution is 7.57. The minimum atomic E-state index is -4.17. The topological polar surface area (TPSA) is 105 Å². The quantitative estimate of drug-likeness (QED) is 0.256. The van der Waals surface area contributed by atoms with E-state index < -0.39 is 31.0 Å². The third kappa shape index (κ3) is 5.57. The summed E-state index contributed by atoms with van der Waals surface area (Å²) in [6.07, 6.45) is 0. The summed E-state index contributed by atoms with van der Waals surface area (Å²) < 4.78 is 31.7. The number of Topliss-reactive ketones (excluding diaryl/α,β-unsaturated/α-hetero) is 1. The van der Waals surface area contributed by atoms with E-state index in [1.807, 2.05) is 0 Å². The lowest BCUT2D eigenvalue weighted by atomic mass is 10.3. The molecule has 0 heterocycles.